The fourth-order valence-electron chi connectivity index (χ4n) is 2.29. The maximum absolute atomic E-state index is 11.7. The molecule has 0 radical (unpaired) electrons. The number of anilines is 1. The van der Waals surface area contributed by atoms with E-state index in [2.05, 4.69) is 15.3 Å². The van der Waals surface area contributed by atoms with E-state index in [0.717, 1.165) is 19.0 Å². The van der Waals surface area contributed by atoms with Crippen LogP contribution in [0, 0.1) is 16.0 Å². The van der Waals surface area contributed by atoms with Gasteiger partial charge in [-0.05, 0) is 24.4 Å². The number of hydrogen-bond donors (Lipinski definition) is 1. The molecule has 0 spiro atoms. The summed E-state index contributed by atoms with van der Waals surface area (Å²) < 4.78 is 0. The monoisotopic (exact) mass is 299 g/mol. The normalized spacial score (nSPS) is 18.7. The van der Waals surface area contributed by atoms with Gasteiger partial charge in [0.05, 0.1) is 10.8 Å². The summed E-state index contributed by atoms with van der Waals surface area (Å²) in [6, 6.07) is 0. The zero-order valence-electron chi connectivity index (χ0n) is 10.9. The molecule has 20 heavy (non-hydrogen) atoms. The predicted molar refractivity (Wildman–Crippen MR) is 72.7 cm³/mol. The van der Waals surface area contributed by atoms with Crippen LogP contribution in [0.4, 0.5) is 11.5 Å². The van der Waals surface area contributed by atoms with Gasteiger partial charge in [-0.15, -0.1) is 0 Å². The zero-order valence-corrected chi connectivity index (χ0v) is 11.6. The molecule has 1 aliphatic rings. The van der Waals surface area contributed by atoms with Crippen molar-refractivity contribution in [2.75, 3.05) is 25.0 Å². The van der Waals surface area contributed by atoms with Crippen molar-refractivity contribution in [2.24, 2.45) is 5.92 Å². The number of nitro groups is 1. The molecule has 1 aliphatic heterocycles. The predicted octanol–water partition coefficient (Wildman–Crippen LogP) is 1.00. The Bertz CT molecular complexity index is 539. The largest absolute Gasteiger partial charge is 0.359 e. The molecular formula is C11H14ClN5O3. The second kappa shape index (κ2) is 6.00. The number of piperidine rings is 1. The summed E-state index contributed by atoms with van der Waals surface area (Å²) in [5.41, 5.74) is -0.202. The van der Waals surface area contributed by atoms with Gasteiger partial charge in [0.2, 0.25) is 17.0 Å². The van der Waals surface area contributed by atoms with Gasteiger partial charge in [0, 0.05) is 20.1 Å². The van der Waals surface area contributed by atoms with Gasteiger partial charge in [-0.25, -0.2) is 4.98 Å². The Balaban J connectivity index is 2.28. The van der Waals surface area contributed by atoms with Gasteiger partial charge >= 0.3 is 5.69 Å². The van der Waals surface area contributed by atoms with E-state index in [-0.39, 0.29) is 28.6 Å². The van der Waals surface area contributed by atoms with Crippen LogP contribution in [0.15, 0.2) is 6.20 Å². The van der Waals surface area contributed by atoms with Crippen LogP contribution in [0.5, 0.6) is 0 Å². The average Bonchev–Trinajstić information content (AvgIpc) is 2.46. The lowest BCUT2D eigenvalue weighted by atomic mass is 9.97. The van der Waals surface area contributed by atoms with Gasteiger partial charge in [-0.1, -0.05) is 0 Å². The van der Waals surface area contributed by atoms with Gasteiger partial charge in [-0.3, -0.25) is 14.9 Å². The molecule has 0 aromatic carbocycles. The van der Waals surface area contributed by atoms with E-state index < -0.39 is 4.92 Å². The van der Waals surface area contributed by atoms with Crippen molar-refractivity contribution in [3.05, 3.63) is 21.6 Å². The lowest BCUT2D eigenvalue weighted by Gasteiger charge is -2.32. The van der Waals surface area contributed by atoms with Crippen molar-refractivity contribution in [1.82, 2.24) is 15.3 Å². The van der Waals surface area contributed by atoms with E-state index in [1.165, 1.54) is 0 Å². The maximum Gasteiger partial charge on any atom is 0.329 e. The van der Waals surface area contributed by atoms with Gasteiger partial charge in [0.1, 0.15) is 6.20 Å². The molecule has 1 amide bonds. The first-order valence-electron chi connectivity index (χ1n) is 6.16. The second-order valence-corrected chi connectivity index (χ2v) is 4.84. The van der Waals surface area contributed by atoms with E-state index in [1.54, 1.807) is 11.9 Å². The summed E-state index contributed by atoms with van der Waals surface area (Å²) in [6.45, 7) is 0.982. The number of rotatable bonds is 3. The standard InChI is InChI=1S/C11H14ClN5O3/c1-13-10(18)7-3-2-4-16(6-7)9-8(17(19)20)5-14-11(12)15-9/h5,7H,2-4,6H2,1H3,(H,13,18). The van der Waals surface area contributed by atoms with Crippen molar-refractivity contribution >= 4 is 29.0 Å². The Hall–Kier alpha value is -1.96. The number of hydrogen-bond acceptors (Lipinski definition) is 6. The average molecular weight is 300 g/mol. The Morgan fingerprint density at radius 2 is 2.40 bits per heavy atom. The zero-order chi connectivity index (χ0) is 14.7. The minimum atomic E-state index is -0.546. The molecule has 1 aromatic heterocycles. The molecule has 8 nitrogen and oxygen atoms in total. The molecule has 2 heterocycles. The Morgan fingerprint density at radius 3 is 3.05 bits per heavy atom. The van der Waals surface area contributed by atoms with Gasteiger partial charge in [0.15, 0.2) is 0 Å². The third kappa shape index (κ3) is 2.96. The minimum Gasteiger partial charge on any atom is -0.359 e. The second-order valence-electron chi connectivity index (χ2n) is 4.50. The quantitative estimate of drug-likeness (QED) is 0.507. The first-order chi connectivity index (χ1) is 9.52. The molecule has 2 rings (SSSR count). The van der Waals surface area contributed by atoms with E-state index in [4.69, 9.17) is 11.6 Å². The number of nitrogens with zero attached hydrogens (tertiary/aromatic N) is 4. The van der Waals surface area contributed by atoms with Crippen LogP contribution in [0.25, 0.3) is 0 Å². The van der Waals surface area contributed by atoms with Crippen LogP contribution in [0.2, 0.25) is 5.28 Å². The Morgan fingerprint density at radius 1 is 1.65 bits per heavy atom. The number of halogens is 1. The topological polar surface area (TPSA) is 101 Å². The fraction of sp³-hybridized carbons (Fsp3) is 0.545. The van der Waals surface area contributed by atoms with Crippen LogP contribution in [-0.2, 0) is 4.79 Å². The molecule has 1 saturated heterocycles. The summed E-state index contributed by atoms with van der Waals surface area (Å²) >= 11 is 5.72. The molecular weight excluding hydrogens is 286 g/mol. The lowest BCUT2D eigenvalue weighted by Crippen LogP contribution is -2.42. The Labute approximate surface area is 120 Å². The summed E-state index contributed by atoms with van der Waals surface area (Å²) in [7, 11) is 1.57. The van der Waals surface area contributed by atoms with E-state index in [9.17, 15) is 14.9 Å². The molecule has 108 valence electrons. The van der Waals surface area contributed by atoms with Crippen LogP contribution >= 0.6 is 11.6 Å². The van der Waals surface area contributed by atoms with Crippen molar-refractivity contribution < 1.29 is 9.72 Å². The van der Waals surface area contributed by atoms with Crippen molar-refractivity contribution in [1.29, 1.82) is 0 Å². The van der Waals surface area contributed by atoms with Gasteiger partial charge in [-0.2, -0.15) is 4.98 Å². The van der Waals surface area contributed by atoms with Crippen LogP contribution < -0.4 is 10.2 Å². The summed E-state index contributed by atoms with van der Waals surface area (Å²) in [4.78, 5) is 31.5. The van der Waals surface area contributed by atoms with Gasteiger partial charge in [0.25, 0.3) is 0 Å². The van der Waals surface area contributed by atoms with Crippen LogP contribution in [0.1, 0.15) is 12.8 Å². The van der Waals surface area contributed by atoms with E-state index >= 15 is 0 Å². The maximum atomic E-state index is 11.7. The molecule has 9 heteroatoms. The number of carbonyl (C=O) groups excluding carboxylic acids is 1. The molecule has 1 N–H and O–H groups in total. The highest BCUT2D eigenvalue weighted by atomic mass is 35.5. The van der Waals surface area contributed by atoms with E-state index in [0.29, 0.717) is 13.1 Å². The number of amides is 1. The van der Waals surface area contributed by atoms with E-state index in [1.807, 2.05) is 0 Å². The number of nitrogens with one attached hydrogen (secondary N) is 1. The first kappa shape index (κ1) is 14.4. The van der Waals surface area contributed by atoms with Crippen molar-refractivity contribution in [2.45, 2.75) is 12.8 Å². The molecule has 1 aromatic rings. The van der Waals surface area contributed by atoms with Crippen LogP contribution in [0.3, 0.4) is 0 Å². The summed E-state index contributed by atoms with van der Waals surface area (Å²) in [6.07, 6.45) is 2.60. The fourth-order valence-corrected chi connectivity index (χ4v) is 2.42. The SMILES string of the molecule is CNC(=O)C1CCCN(c2nc(Cl)ncc2[N+](=O)[O-])C1. The molecule has 0 bridgehead atoms. The number of carbonyl (C=O) groups is 1. The Kier molecular flexibility index (Phi) is 4.33. The van der Waals surface area contributed by atoms with Crippen LogP contribution in [-0.4, -0.2) is 40.9 Å². The third-order valence-electron chi connectivity index (χ3n) is 3.26. The smallest absolute Gasteiger partial charge is 0.329 e. The summed E-state index contributed by atoms with van der Waals surface area (Å²) in [5.74, 6) is -0.108. The minimum absolute atomic E-state index is 0.0485. The highest BCUT2D eigenvalue weighted by molar-refractivity contribution is 6.28. The highest BCUT2D eigenvalue weighted by Crippen LogP contribution is 2.29. The molecule has 1 atom stereocenters. The number of aromatic nitrogens is 2. The molecule has 1 unspecified atom stereocenters. The molecule has 0 aliphatic carbocycles. The molecule has 1 fully saturated rings. The van der Waals surface area contributed by atoms with Gasteiger partial charge < -0.3 is 10.2 Å². The van der Waals surface area contributed by atoms with Crippen molar-refractivity contribution in [3.8, 4) is 0 Å². The lowest BCUT2D eigenvalue weighted by molar-refractivity contribution is -0.384. The molecule has 0 saturated carbocycles. The van der Waals surface area contributed by atoms with Crippen molar-refractivity contribution in [3.63, 3.8) is 0 Å². The highest BCUT2D eigenvalue weighted by Gasteiger charge is 2.30. The first-order valence-corrected chi connectivity index (χ1v) is 6.54. The third-order valence-corrected chi connectivity index (χ3v) is 3.44. The summed E-state index contributed by atoms with van der Waals surface area (Å²) in [5, 5.41) is 13.6.